The van der Waals surface area contributed by atoms with Crippen LogP contribution in [0.1, 0.15) is 38.2 Å². The Morgan fingerprint density at radius 1 is 0.906 bits per heavy atom. The fraction of sp³-hybridized carbons (Fsp3) is 0.280. The molecule has 0 aliphatic heterocycles. The van der Waals surface area contributed by atoms with E-state index in [-0.39, 0.29) is 5.56 Å². The lowest BCUT2D eigenvalue weighted by atomic mass is 10.2. The molecule has 32 heavy (non-hydrogen) atoms. The highest BCUT2D eigenvalue weighted by atomic mass is 35.5. The number of hydrogen-bond acceptors (Lipinski definition) is 4. The monoisotopic (exact) mass is 445 g/mol. The van der Waals surface area contributed by atoms with Crippen LogP contribution in [0.25, 0.3) is 33.2 Å². The van der Waals surface area contributed by atoms with Crippen molar-refractivity contribution in [1.29, 1.82) is 0 Å². The molecule has 5 aromatic rings. The predicted octanol–water partition coefficient (Wildman–Crippen LogP) is 5.58. The average molecular weight is 446 g/mol. The molecule has 6 nitrogen and oxygen atoms in total. The van der Waals surface area contributed by atoms with Gasteiger partial charge in [0.15, 0.2) is 11.3 Å². The highest BCUT2D eigenvalue weighted by Crippen LogP contribution is 2.26. The topological polar surface area (TPSA) is 65.6 Å². The van der Waals surface area contributed by atoms with Gasteiger partial charge in [-0.15, -0.1) is 0 Å². The van der Waals surface area contributed by atoms with E-state index in [0.29, 0.717) is 40.3 Å². The maximum absolute atomic E-state index is 13.5. The van der Waals surface area contributed by atoms with Gasteiger partial charge in [-0.05, 0) is 36.2 Å². The Labute approximate surface area is 190 Å². The summed E-state index contributed by atoms with van der Waals surface area (Å²) in [5.74, 6) is 0. The molecule has 0 saturated heterocycles. The first-order chi connectivity index (χ1) is 15.7. The summed E-state index contributed by atoms with van der Waals surface area (Å²) < 4.78 is 3.69. The van der Waals surface area contributed by atoms with Crippen LogP contribution < -0.4 is 5.56 Å². The number of aryl methyl sites for hydroxylation is 1. The second-order valence-electron chi connectivity index (χ2n) is 8.10. The normalized spacial score (nSPS) is 11.7. The molecule has 7 heteroatoms. The molecule has 0 spiro atoms. The molecule has 0 unspecified atom stereocenters. The molecule has 0 amide bonds. The van der Waals surface area contributed by atoms with Gasteiger partial charge in [0.05, 0.1) is 23.9 Å². The maximum Gasteiger partial charge on any atom is 0.265 e. The second kappa shape index (κ2) is 8.71. The quantitative estimate of drug-likeness (QED) is 0.307. The Kier molecular flexibility index (Phi) is 5.62. The number of aromatic nitrogens is 5. The first-order valence-electron chi connectivity index (χ1n) is 11.0. The molecule has 0 atom stereocenters. The summed E-state index contributed by atoms with van der Waals surface area (Å²) in [6, 6.07) is 15.4. The van der Waals surface area contributed by atoms with E-state index in [4.69, 9.17) is 26.6 Å². The van der Waals surface area contributed by atoms with E-state index in [9.17, 15) is 4.79 Å². The number of halogens is 1. The van der Waals surface area contributed by atoms with Crippen LogP contribution in [0.5, 0.6) is 0 Å². The second-order valence-corrected chi connectivity index (χ2v) is 8.54. The van der Waals surface area contributed by atoms with Crippen molar-refractivity contribution < 1.29 is 0 Å². The van der Waals surface area contributed by atoms with Crippen molar-refractivity contribution in [3.05, 3.63) is 75.8 Å². The van der Waals surface area contributed by atoms with Gasteiger partial charge in [0, 0.05) is 11.6 Å². The van der Waals surface area contributed by atoms with Crippen molar-refractivity contribution in [2.75, 3.05) is 0 Å². The number of fused-ring (bicyclic) bond motifs is 4. The molecular weight excluding hydrogens is 422 g/mol. The Morgan fingerprint density at radius 2 is 1.66 bits per heavy atom. The van der Waals surface area contributed by atoms with Gasteiger partial charge < -0.3 is 4.57 Å². The zero-order chi connectivity index (χ0) is 22.1. The largest absolute Gasteiger partial charge is 0.304 e. The summed E-state index contributed by atoms with van der Waals surface area (Å²) >= 11 is 6.06. The van der Waals surface area contributed by atoms with Crippen molar-refractivity contribution in [3.8, 4) is 0 Å². The first kappa shape index (κ1) is 20.6. The minimum Gasteiger partial charge on any atom is -0.304 e. The molecule has 0 radical (unpaired) electrons. The minimum atomic E-state index is -0.0593. The van der Waals surface area contributed by atoms with E-state index < -0.39 is 0 Å². The molecule has 0 fully saturated rings. The SMILES string of the molecule is CCCCCCn1cnc2c(c1=O)c1nc3ccccc3nc1n2Cc1ccc(Cl)cc1. The summed E-state index contributed by atoms with van der Waals surface area (Å²) in [6.45, 7) is 3.36. The third-order valence-corrected chi connectivity index (χ3v) is 6.08. The van der Waals surface area contributed by atoms with E-state index >= 15 is 0 Å². The van der Waals surface area contributed by atoms with Crippen LogP contribution in [0.3, 0.4) is 0 Å². The van der Waals surface area contributed by atoms with Gasteiger partial charge in [-0.25, -0.2) is 15.0 Å². The van der Waals surface area contributed by atoms with Gasteiger partial charge in [0.2, 0.25) is 0 Å². The first-order valence-corrected chi connectivity index (χ1v) is 11.4. The van der Waals surface area contributed by atoms with E-state index in [2.05, 4.69) is 6.92 Å². The molecule has 0 aliphatic rings. The molecule has 0 bridgehead atoms. The molecular formula is C25H24ClN5O. The summed E-state index contributed by atoms with van der Waals surface area (Å²) in [4.78, 5) is 27.9. The summed E-state index contributed by atoms with van der Waals surface area (Å²) in [6.07, 6.45) is 6.05. The van der Waals surface area contributed by atoms with Crippen LogP contribution in [-0.4, -0.2) is 24.1 Å². The van der Waals surface area contributed by atoms with Crippen LogP contribution in [-0.2, 0) is 13.1 Å². The fourth-order valence-corrected chi connectivity index (χ4v) is 4.26. The van der Waals surface area contributed by atoms with Gasteiger partial charge in [0.25, 0.3) is 5.56 Å². The van der Waals surface area contributed by atoms with Crippen LogP contribution in [0.4, 0.5) is 0 Å². The Balaban J connectivity index is 1.71. The number of hydrogen-bond donors (Lipinski definition) is 0. The smallest absolute Gasteiger partial charge is 0.265 e. The molecule has 5 rings (SSSR count). The molecule has 162 valence electrons. The van der Waals surface area contributed by atoms with Gasteiger partial charge >= 0.3 is 0 Å². The van der Waals surface area contributed by atoms with Crippen molar-refractivity contribution >= 4 is 44.8 Å². The zero-order valence-corrected chi connectivity index (χ0v) is 18.7. The van der Waals surface area contributed by atoms with Crippen molar-refractivity contribution in [3.63, 3.8) is 0 Å². The lowest BCUT2D eigenvalue weighted by molar-refractivity contribution is 0.567. The number of benzene rings is 2. The Bertz CT molecular complexity index is 1470. The van der Waals surface area contributed by atoms with Gasteiger partial charge in [0.1, 0.15) is 10.9 Å². The fourth-order valence-electron chi connectivity index (χ4n) is 4.13. The molecule has 0 saturated carbocycles. The van der Waals surface area contributed by atoms with Crippen molar-refractivity contribution in [1.82, 2.24) is 24.1 Å². The summed E-state index contributed by atoms with van der Waals surface area (Å²) in [7, 11) is 0. The zero-order valence-electron chi connectivity index (χ0n) is 18.0. The van der Waals surface area contributed by atoms with Crippen LogP contribution in [0, 0.1) is 0 Å². The van der Waals surface area contributed by atoms with E-state index in [0.717, 1.165) is 35.9 Å². The highest BCUT2D eigenvalue weighted by Gasteiger charge is 2.20. The number of rotatable bonds is 7. The van der Waals surface area contributed by atoms with Gasteiger partial charge in [-0.3, -0.25) is 9.36 Å². The maximum atomic E-state index is 13.5. The van der Waals surface area contributed by atoms with Gasteiger partial charge in [-0.1, -0.05) is 62.1 Å². The number of unbranched alkanes of at least 4 members (excludes halogenated alkanes) is 3. The molecule has 0 N–H and O–H groups in total. The third-order valence-electron chi connectivity index (χ3n) is 5.82. The van der Waals surface area contributed by atoms with E-state index in [1.54, 1.807) is 10.9 Å². The Morgan fingerprint density at radius 3 is 2.41 bits per heavy atom. The van der Waals surface area contributed by atoms with Crippen molar-refractivity contribution in [2.24, 2.45) is 0 Å². The van der Waals surface area contributed by atoms with Crippen molar-refractivity contribution in [2.45, 2.75) is 45.7 Å². The summed E-state index contributed by atoms with van der Waals surface area (Å²) in [5, 5.41) is 1.22. The lowest BCUT2D eigenvalue weighted by Gasteiger charge is -2.08. The van der Waals surface area contributed by atoms with Crippen LogP contribution in [0.2, 0.25) is 5.02 Å². The minimum absolute atomic E-state index is 0.0593. The van der Waals surface area contributed by atoms with Gasteiger partial charge in [-0.2, -0.15) is 0 Å². The highest BCUT2D eigenvalue weighted by molar-refractivity contribution is 6.30. The average Bonchev–Trinajstić information content (AvgIpc) is 3.11. The molecule has 3 aromatic heterocycles. The predicted molar refractivity (Wildman–Crippen MR) is 129 cm³/mol. The molecule has 0 aliphatic carbocycles. The molecule has 3 heterocycles. The third kappa shape index (κ3) is 3.75. The summed E-state index contributed by atoms with van der Waals surface area (Å²) in [5.41, 5.74) is 4.43. The van der Waals surface area contributed by atoms with Crippen LogP contribution >= 0.6 is 11.6 Å². The lowest BCUT2D eigenvalue weighted by Crippen LogP contribution is -2.21. The number of para-hydroxylation sites is 2. The van der Waals surface area contributed by atoms with E-state index in [1.165, 1.54) is 6.42 Å². The van der Waals surface area contributed by atoms with E-state index in [1.807, 2.05) is 53.1 Å². The molecule has 2 aromatic carbocycles. The Hall–Kier alpha value is -3.25. The van der Waals surface area contributed by atoms with Crippen LogP contribution in [0.15, 0.2) is 59.7 Å². The number of nitrogens with zero attached hydrogens (tertiary/aromatic N) is 5. The standard InChI is InChI=1S/C25H24ClN5O/c1-2-3-4-7-14-30-16-27-23-21(25(30)32)22-24(29-20-9-6-5-8-19(20)28-22)31(23)15-17-10-12-18(26)13-11-17/h5-6,8-13,16H,2-4,7,14-15H2,1H3.